The van der Waals surface area contributed by atoms with Gasteiger partial charge in [-0.2, -0.15) is 0 Å². The van der Waals surface area contributed by atoms with E-state index in [0.29, 0.717) is 16.9 Å². The quantitative estimate of drug-likeness (QED) is 0.367. The molecule has 1 amide bonds. The van der Waals surface area contributed by atoms with Gasteiger partial charge in [0.05, 0.1) is 29.3 Å². The highest BCUT2D eigenvalue weighted by atomic mass is 32.2. The van der Waals surface area contributed by atoms with E-state index in [-0.39, 0.29) is 17.7 Å². The highest BCUT2D eigenvalue weighted by molar-refractivity contribution is 8.00. The van der Waals surface area contributed by atoms with Gasteiger partial charge in [-0.25, -0.2) is 0 Å². The fourth-order valence-electron chi connectivity index (χ4n) is 3.59. The molecule has 2 aromatic carbocycles. The van der Waals surface area contributed by atoms with Crippen LogP contribution in [0.4, 0.5) is 5.69 Å². The molecule has 1 atom stereocenters. The molecule has 6 nitrogen and oxygen atoms in total. The van der Waals surface area contributed by atoms with Crippen molar-refractivity contribution < 1.29 is 13.6 Å². The Morgan fingerprint density at radius 2 is 1.94 bits per heavy atom. The zero-order valence-electron chi connectivity index (χ0n) is 16.7. The van der Waals surface area contributed by atoms with Crippen molar-refractivity contribution >= 4 is 35.1 Å². The average molecular weight is 450 g/mol. The molecule has 0 N–H and O–H groups in total. The highest BCUT2D eigenvalue weighted by Gasteiger charge is 2.32. The monoisotopic (exact) mass is 449 g/mol. The number of aryl methyl sites for hydroxylation is 1. The second-order valence-corrected chi connectivity index (χ2v) is 9.01. The van der Waals surface area contributed by atoms with Crippen LogP contribution in [0.15, 0.2) is 85.9 Å². The number of para-hydroxylation sites is 1. The number of anilines is 1. The lowest BCUT2D eigenvalue weighted by Gasteiger charge is -2.37. The first-order chi connectivity index (χ1) is 15.2. The number of carbonyl (C=O) groups is 1. The van der Waals surface area contributed by atoms with Gasteiger partial charge in [-0.15, -0.1) is 22.0 Å². The molecule has 8 heteroatoms. The van der Waals surface area contributed by atoms with E-state index in [9.17, 15) is 4.79 Å². The van der Waals surface area contributed by atoms with Gasteiger partial charge in [0.25, 0.3) is 11.1 Å². The van der Waals surface area contributed by atoms with Crippen LogP contribution in [0, 0.1) is 6.92 Å². The predicted octanol–water partition coefficient (Wildman–Crippen LogP) is 5.61. The minimum absolute atomic E-state index is 0.00541. The SMILES string of the molecule is Cc1occc1-c1nnc(SCC(=O)N2c3ccccc3SC[C@H]2c2ccccc2)o1. The summed E-state index contributed by atoms with van der Waals surface area (Å²) < 4.78 is 11.0. The smallest absolute Gasteiger partial charge is 0.277 e. The summed E-state index contributed by atoms with van der Waals surface area (Å²) in [5, 5.41) is 8.53. The number of hydrogen-bond donors (Lipinski definition) is 0. The number of benzene rings is 2. The number of aromatic nitrogens is 2. The third-order valence-electron chi connectivity index (χ3n) is 5.10. The first-order valence-corrected chi connectivity index (χ1v) is 11.8. The van der Waals surface area contributed by atoms with Crippen molar-refractivity contribution in [3.05, 3.63) is 78.3 Å². The van der Waals surface area contributed by atoms with E-state index in [1.165, 1.54) is 11.8 Å². The average Bonchev–Trinajstić information content (AvgIpc) is 3.46. The fraction of sp³-hybridized carbons (Fsp3) is 0.174. The maximum absolute atomic E-state index is 13.4. The Morgan fingerprint density at radius 3 is 2.74 bits per heavy atom. The summed E-state index contributed by atoms with van der Waals surface area (Å²) >= 11 is 3.03. The molecular formula is C23H19N3O3S2. The van der Waals surface area contributed by atoms with Crippen molar-refractivity contribution in [2.24, 2.45) is 0 Å². The molecule has 1 aliphatic rings. The lowest BCUT2D eigenvalue weighted by Crippen LogP contribution is -2.39. The molecule has 0 radical (unpaired) electrons. The van der Waals surface area contributed by atoms with Gasteiger partial charge in [-0.1, -0.05) is 54.2 Å². The van der Waals surface area contributed by atoms with Crippen LogP contribution in [0.25, 0.3) is 11.5 Å². The van der Waals surface area contributed by atoms with Gasteiger partial charge in [-0.3, -0.25) is 4.79 Å². The lowest BCUT2D eigenvalue weighted by molar-refractivity contribution is -0.116. The number of amides is 1. The molecule has 0 aliphatic carbocycles. The van der Waals surface area contributed by atoms with Gasteiger partial charge in [0, 0.05) is 10.6 Å². The van der Waals surface area contributed by atoms with E-state index in [1.807, 2.05) is 48.2 Å². The summed E-state index contributed by atoms with van der Waals surface area (Å²) in [5.41, 5.74) is 2.83. The second-order valence-electron chi connectivity index (χ2n) is 7.02. The number of hydrogen-bond acceptors (Lipinski definition) is 7. The van der Waals surface area contributed by atoms with E-state index in [0.717, 1.165) is 27.5 Å². The Morgan fingerprint density at radius 1 is 1.13 bits per heavy atom. The summed E-state index contributed by atoms with van der Waals surface area (Å²) in [6.45, 7) is 1.84. The Hall–Kier alpha value is -2.97. The maximum Gasteiger partial charge on any atom is 0.277 e. The number of fused-ring (bicyclic) bond motifs is 1. The number of thioether (sulfide) groups is 2. The van der Waals surface area contributed by atoms with E-state index < -0.39 is 0 Å². The van der Waals surface area contributed by atoms with Gasteiger partial charge in [0.2, 0.25) is 5.91 Å². The molecule has 0 bridgehead atoms. The minimum atomic E-state index is -0.0268. The van der Waals surface area contributed by atoms with Crippen LogP contribution in [0.5, 0.6) is 0 Å². The van der Waals surface area contributed by atoms with Crippen LogP contribution in [0.2, 0.25) is 0 Å². The van der Waals surface area contributed by atoms with Crippen LogP contribution in [-0.2, 0) is 4.79 Å². The third-order valence-corrected chi connectivity index (χ3v) is 7.04. The van der Waals surface area contributed by atoms with E-state index in [2.05, 4.69) is 28.4 Å². The van der Waals surface area contributed by atoms with Crippen molar-refractivity contribution in [2.75, 3.05) is 16.4 Å². The topological polar surface area (TPSA) is 72.4 Å². The fourth-order valence-corrected chi connectivity index (χ4v) is 5.39. The predicted molar refractivity (Wildman–Crippen MR) is 121 cm³/mol. The summed E-state index contributed by atoms with van der Waals surface area (Å²) in [4.78, 5) is 16.4. The molecule has 0 saturated heterocycles. The molecule has 0 spiro atoms. The van der Waals surface area contributed by atoms with Crippen LogP contribution in [-0.4, -0.2) is 27.6 Å². The lowest BCUT2D eigenvalue weighted by atomic mass is 10.1. The summed E-state index contributed by atoms with van der Waals surface area (Å²) in [6.07, 6.45) is 1.58. The normalized spacial score (nSPS) is 15.6. The van der Waals surface area contributed by atoms with E-state index >= 15 is 0 Å². The van der Waals surface area contributed by atoms with Crippen molar-refractivity contribution in [3.8, 4) is 11.5 Å². The van der Waals surface area contributed by atoms with Crippen LogP contribution in [0.3, 0.4) is 0 Å². The standard InChI is InChI=1S/C23H19N3O3S2/c1-15-17(11-12-28-15)22-24-25-23(29-22)31-14-21(27)26-18-9-5-6-10-20(18)30-13-19(26)16-7-3-2-4-8-16/h2-12,19H,13-14H2,1H3/t19-/m0/s1. The second kappa shape index (κ2) is 8.64. The first-order valence-electron chi connectivity index (χ1n) is 9.80. The molecule has 5 rings (SSSR count). The maximum atomic E-state index is 13.4. The van der Waals surface area contributed by atoms with Crippen molar-refractivity contribution in [3.63, 3.8) is 0 Å². The zero-order chi connectivity index (χ0) is 21.2. The summed E-state index contributed by atoms with van der Waals surface area (Å²) in [5.74, 6) is 2.12. The molecular weight excluding hydrogens is 430 g/mol. The number of furan rings is 1. The molecule has 31 heavy (non-hydrogen) atoms. The van der Waals surface area contributed by atoms with Crippen LogP contribution >= 0.6 is 23.5 Å². The third kappa shape index (κ3) is 4.00. The van der Waals surface area contributed by atoms with Gasteiger partial charge in [0.15, 0.2) is 0 Å². The van der Waals surface area contributed by atoms with E-state index in [4.69, 9.17) is 8.83 Å². The molecule has 2 aromatic heterocycles. The number of carbonyl (C=O) groups excluding carboxylic acids is 1. The number of nitrogens with zero attached hydrogens (tertiary/aromatic N) is 3. The molecule has 0 saturated carbocycles. The molecule has 0 fully saturated rings. The summed E-state index contributed by atoms with van der Waals surface area (Å²) in [7, 11) is 0. The number of rotatable bonds is 5. The zero-order valence-corrected chi connectivity index (χ0v) is 18.4. The molecule has 3 heterocycles. The van der Waals surface area contributed by atoms with Crippen molar-refractivity contribution in [1.29, 1.82) is 0 Å². The summed E-state index contributed by atoms with van der Waals surface area (Å²) in [6, 6.07) is 20.0. The van der Waals surface area contributed by atoms with Gasteiger partial charge in [-0.05, 0) is 30.7 Å². The van der Waals surface area contributed by atoms with Crippen molar-refractivity contribution in [2.45, 2.75) is 23.1 Å². The van der Waals surface area contributed by atoms with Gasteiger partial charge < -0.3 is 13.7 Å². The largest absolute Gasteiger partial charge is 0.469 e. The first kappa shape index (κ1) is 20.0. The Bertz CT molecular complexity index is 1210. The van der Waals surface area contributed by atoms with Gasteiger partial charge in [0.1, 0.15) is 5.76 Å². The molecule has 156 valence electrons. The molecule has 1 aliphatic heterocycles. The van der Waals surface area contributed by atoms with Crippen LogP contribution < -0.4 is 4.90 Å². The van der Waals surface area contributed by atoms with E-state index in [1.54, 1.807) is 24.1 Å². The Kier molecular flexibility index (Phi) is 5.57. The van der Waals surface area contributed by atoms with Gasteiger partial charge >= 0.3 is 0 Å². The Balaban J connectivity index is 1.37. The van der Waals surface area contributed by atoms with Crippen LogP contribution in [0.1, 0.15) is 17.4 Å². The molecule has 4 aromatic rings. The highest BCUT2D eigenvalue weighted by Crippen LogP contribution is 2.43. The molecule has 0 unspecified atom stereocenters. The minimum Gasteiger partial charge on any atom is -0.469 e. The van der Waals surface area contributed by atoms with Crippen molar-refractivity contribution in [1.82, 2.24) is 10.2 Å². The Labute approximate surface area is 188 Å².